The lowest BCUT2D eigenvalue weighted by Gasteiger charge is -2.06. The Balaban J connectivity index is 1.82. The standard InChI is InChI=1S/C19H15Br/c20-19-9-5-4-8-18(19)14-15-10-12-17(13-11-15)16-6-2-1-3-7-16/h1-13H,14H2. The third kappa shape index (κ3) is 3.00. The van der Waals surface area contributed by atoms with Crippen LogP contribution in [0.3, 0.4) is 0 Å². The summed E-state index contributed by atoms with van der Waals surface area (Å²) in [4.78, 5) is 0. The van der Waals surface area contributed by atoms with Crippen molar-refractivity contribution in [1.29, 1.82) is 0 Å². The number of halogens is 1. The summed E-state index contributed by atoms with van der Waals surface area (Å²) >= 11 is 3.60. The van der Waals surface area contributed by atoms with Crippen LogP contribution in [0.15, 0.2) is 83.3 Å². The summed E-state index contributed by atoms with van der Waals surface area (Å²) in [5.41, 5.74) is 5.18. The molecule has 0 aliphatic heterocycles. The fourth-order valence-electron chi connectivity index (χ4n) is 2.31. The van der Waals surface area contributed by atoms with E-state index >= 15 is 0 Å². The smallest absolute Gasteiger partial charge is 0.0210 e. The van der Waals surface area contributed by atoms with E-state index in [0.717, 1.165) is 6.42 Å². The molecule has 0 nitrogen and oxygen atoms in total. The van der Waals surface area contributed by atoms with Crippen LogP contribution in [-0.4, -0.2) is 0 Å². The zero-order chi connectivity index (χ0) is 13.8. The molecule has 0 N–H and O–H groups in total. The normalized spacial score (nSPS) is 10.4. The molecule has 0 heterocycles. The zero-order valence-electron chi connectivity index (χ0n) is 11.1. The largest absolute Gasteiger partial charge is 0.0622 e. The predicted molar refractivity (Wildman–Crippen MR) is 88.8 cm³/mol. The second kappa shape index (κ2) is 6.06. The molecule has 0 aliphatic carbocycles. The van der Waals surface area contributed by atoms with Crippen molar-refractivity contribution in [3.8, 4) is 11.1 Å². The molecular formula is C19H15Br. The molecule has 0 aromatic heterocycles. The Bertz CT molecular complexity index is 684. The highest BCUT2D eigenvalue weighted by Gasteiger charge is 2.01. The highest BCUT2D eigenvalue weighted by Crippen LogP contribution is 2.22. The Morgan fingerprint density at radius 3 is 1.90 bits per heavy atom. The van der Waals surface area contributed by atoms with Crippen molar-refractivity contribution < 1.29 is 0 Å². The van der Waals surface area contributed by atoms with Crippen LogP contribution in [0.2, 0.25) is 0 Å². The molecule has 0 spiro atoms. The van der Waals surface area contributed by atoms with Gasteiger partial charge in [0.2, 0.25) is 0 Å². The first kappa shape index (κ1) is 13.1. The SMILES string of the molecule is Brc1ccccc1Cc1ccc(-c2ccccc2)cc1. The summed E-state index contributed by atoms with van der Waals surface area (Å²) < 4.78 is 1.17. The molecule has 0 saturated heterocycles. The Labute approximate surface area is 128 Å². The van der Waals surface area contributed by atoms with Gasteiger partial charge in [-0.15, -0.1) is 0 Å². The van der Waals surface area contributed by atoms with Gasteiger partial charge in [-0.25, -0.2) is 0 Å². The van der Waals surface area contributed by atoms with E-state index in [-0.39, 0.29) is 0 Å². The third-order valence-corrected chi connectivity index (χ3v) is 4.19. The quantitative estimate of drug-likeness (QED) is 0.579. The lowest BCUT2D eigenvalue weighted by Crippen LogP contribution is -1.89. The maximum absolute atomic E-state index is 3.60. The van der Waals surface area contributed by atoms with Crippen LogP contribution in [0.25, 0.3) is 11.1 Å². The van der Waals surface area contributed by atoms with Crippen LogP contribution >= 0.6 is 15.9 Å². The van der Waals surface area contributed by atoms with E-state index in [1.165, 1.54) is 26.7 Å². The summed E-state index contributed by atoms with van der Waals surface area (Å²) in [5.74, 6) is 0. The third-order valence-electron chi connectivity index (χ3n) is 3.41. The van der Waals surface area contributed by atoms with Gasteiger partial charge in [0.15, 0.2) is 0 Å². The van der Waals surface area contributed by atoms with E-state index in [4.69, 9.17) is 0 Å². The Kier molecular flexibility index (Phi) is 3.98. The summed E-state index contributed by atoms with van der Waals surface area (Å²) in [5, 5.41) is 0. The number of rotatable bonds is 3. The van der Waals surface area contributed by atoms with Crippen LogP contribution in [0.1, 0.15) is 11.1 Å². The van der Waals surface area contributed by atoms with Crippen LogP contribution in [-0.2, 0) is 6.42 Å². The molecule has 0 radical (unpaired) electrons. The first-order chi connectivity index (χ1) is 9.83. The summed E-state index contributed by atoms with van der Waals surface area (Å²) in [6, 6.07) is 27.7. The molecule has 0 saturated carbocycles. The van der Waals surface area contributed by atoms with Gasteiger partial charge in [-0.05, 0) is 34.7 Å². The van der Waals surface area contributed by atoms with Gasteiger partial charge >= 0.3 is 0 Å². The summed E-state index contributed by atoms with van der Waals surface area (Å²) in [7, 11) is 0. The monoisotopic (exact) mass is 322 g/mol. The summed E-state index contributed by atoms with van der Waals surface area (Å²) in [6.45, 7) is 0. The van der Waals surface area contributed by atoms with Crippen molar-refractivity contribution in [3.05, 3.63) is 94.5 Å². The predicted octanol–water partition coefficient (Wildman–Crippen LogP) is 5.71. The van der Waals surface area contributed by atoms with E-state index in [1.54, 1.807) is 0 Å². The number of hydrogen-bond acceptors (Lipinski definition) is 0. The second-order valence-electron chi connectivity index (χ2n) is 4.83. The van der Waals surface area contributed by atoms with Gasteiger partial charge in [0, 0.05) is 4.47 Å². The average molecular weight is 323 g/mol. The van der Waals surface area contributed by atoms with Gasteiger partial charge in [0.1, 0.15) is 0 Å². The molecule has 1 heteroatoms. The van der Waals surface area contributed by atoms with Crippen molar-refractivity contribution >= 4 is 15.9 Å². The van der Waals surface area contributed by atoms with Gasteiger partial charge in [0.25, 0.3) is 0 Å². The highest BCUT2D eigenvalue weighted by molar-refractivity contribution is 9.10. The van der Waals surface area contributed by atoms with E-state index < -0.39 is 0 Å². The fraction of sp³-hybridized carbons (Fsp3) is 0.0526. The lowest BCUT2D eigenvalue weighted by molar-refractivity contribution is 1.18. The van der Waals surface area contributed by atoms with E-state index in [2.05, 4.69) is 82.7 Å². The maximum Gasteiger partial charge on any atom is 0.0210 e. The van der Waals surface area contributed by atoms with Crippen molar-refractivity contribution in [2.75, 3.05) is 0 Å². The Morgan fingerprint density at radius 1 is 0.600 bits per heavy atom. The molecule has 3 rings (SSSR count). The summed E-state index contributed by atoms with van der Waals surface area (Å²) in [6.07, 6.45) is 0.955. The molecule has 0 unspecified atom stereocenters. The number of benzene rings is 3. The van der Waals surface area contributed by atoms with E-state index in [1.807, 2.05) is 12.1 Å². The topological polar surface area (TPSA) is 0 Å². The molecule has 3 aromatic carbocycles. The maximum atomic E-state index is 3.60. The minimum absolute atomic E-state index is 0.955. The van der Waals surface area contributed by atoms with Crippen molar-refractivity contribution in [3.63, 3.8) is 0 Å². The molecule has 98 valence electrons. The minimum Gasteiger partial charge on any atom is -0.0622 e. The Morgan fingerprint density at radius 2 is 1.20 bits per heavy atom. The molecule has 0 atom stereocenters. The van der Waals surface area contributed by atoms with Crippen molar-refractivity contribution in [2.24, 2.45) is 0 Å². The minimum atomic E-state index is 0.955. The van der Waals surface area contributed by atoms with Gasteiger partial charge in [-0.1, -0.05) is 88.7 Å². The zero-order valence-corrected chi connectivity index (χ0v) is 12.7. The average Bonchev–Trinajstić information content (AvgIpc) is 2.51. The van der Waals surface area contributed by atoms with Gasteiger partial charge in [0.05, 0.1) is 0 Å². The molecule has 0 fully saturated rings. The molecule has 3 aromatic rings. The molecule has 0 bridgehead atoms. The molecular weight excluding hydrogens is 308 g/mol. The second-order valence-corrected chi connectivity index (χ2v) is 5.69. The van der Waals surface area contributed by atoms with Crippen LogP contribution in [0, 0.1) is 0 Å². The van der Waals surface area contributed by atoms with Crippen molar-refractivity contribution in [2.45, 2.75) is 6.42 Å². The van der Waals surface area contributed by atoms with Crippen LogP contribution in [0.5, 0.6) is 0 Å². The fourth-order valence-corrected chi connectivity index (χ4v) is 2.73. The van der Waals surface area contributed by atoms with Crippen LogP contribution < -0.4 is 0 Å². The first-order valence-electron chi connectivity index (χ1n) is 6.71. The first-order valence-corrected chi connectivity index (χ1v) is 7.50. The van der Waals surface area contributed by atoms with Crippen molar-refractivity contribution in [1.82, 2.24) is 0 Å². The number of hydrogen-bond donors (Lipinski definition) is 0. The molecule has 0 amide bonds. The van der Waals surface area contributed by atoms with Gasteiger partial charge in [-0.3, -0.25) is 0 Å². The van der Waals surface area contributed by atoms with E-state index in [0.29, 0.717) is 0 Å². The van der Waals surface area contributed by atoms with Crippen LogP contribution in [0.4, 0.5) is 0 Å². The lowest BCUT2D eigenvalue weighted by atomic mass is 10.0. The van der Waals surface area contributed by atoms with Gasteiger partial charge < -0.3 is 0 Å². The van der Waals surface area contributed by atoms with E-state index in [9.17, 15) is 0 Å². The molecule has 20 heavy (non-hydrogen) atoms. The highest BCUT2D eigenvalue weighted by atomic mass is 79.9. The molecule has 0 aliphatic rings. The Hall–Kier alpha value is -1.86. The van der Waals surface area contributed by atoms with Gasteiger partial charge in [-0.2, -0.15) is 0 Å².